The van der Waals surface area contributed by atoms with Gasteiger partial charge in [-0.25, -0.2) is 0 Å². The first-order chi connectivity index (χ1) is 5.79. The third-order valence-corrected chi connectivity index (χ3v) is 1.57. The monoisotopic (exact) mass is 188 g/mol. The molecule has 0 N–H and O–H groups in total. The number of hydrogen-bond donors (Lipinski definition) is 0. The molecule has 0 aliphatic heterocycles. The van der Waals surface area contributed by atoms with Gasteiger partial charge < -0.3 is 4.52 Å². The van der Waals surface area contributed by atoms with Gasteiger partial charge >= 0.3 is 0 Å². The first kappa shape index (κ1) is 11.6. The molecule has 0 rings (SSSR count). The van der Waals surface area contributed by atoms with E-state index < -0.39 is 0 Å². The van der Waals surface area contributed by atoms with Gasteiger partial charge in [-0.1, -0.05) is 6.92 Å². The zero-order chi connectivity index (χ0) is 9.40. The summed E-state index contributed by atoms with van der Waals surface area (Å²) in [5.41, 5.74) is 0.939. The van der Waals surface area contributed by atoms with Gasteiger partial charge in [0.15, 0.2) is 0 Å². The van der Waals surface area contributed by atoms with Crippen molar-refractivity contribution in [2.24, 2.45) is 9.98 Å². The van der Waals surface area contributed by atoms with E-state index in [-0.39, 0.29) is 0 Å². The van der Waals surface area contributed by atoms with Crippen molar-refractivity contribution >= 4 is 21.1 Å². The van der Waals surface area contributed by atoms with Crippen molar-refractivity contribution in [1.82, 2.24) is 0 Å². The van der Waals surface area contributed by atoms with Crippen molar-refractivity contribution in [1.29, 1.82) is 0 Å². The molecule has 0 aromatic heterocycles. The van der Waals surface area contributed by atoms with Crippen LogP contribution in [0.4, 0.5) is 0 Å². The molecule has 0 aromatic carbocycles. The Labute approximate surface area is 76.6 Å². The lowest BCUT2D eigenvalue weighted by atomic mass is 10.3. The molecular formula is C8H17N2OP. The summed E-state index contributed by atoms with van der Waals surface area (Å²) in [4.78, 5) is 8.46. The van der Waals surface area contributed by atoms with Crippen LogP contribution in [0.5, 0.6) is 0 Å². The van der Waals surface area contributed by atoms with E-state index in [0.717, 1.165) is 25.2 Å². The van der Waals surface area contributed by atoms with Crippen LogP contribution < -0.4 is 0 Å². The molecule has 1 unspecified atom stereocenters. The normalized spacial score (nSPS) is 13.3. The van der Waals surface area contributed by atoms with Gasteiger partial charge in [-0.15, -0.1) is 0 Å². The first-order valence-electron chi connectivity index (χ1n) is 4.24. The Kier molecular flexibility index (Phi) is 6.97. The summed E-state index contributed by atoms with van der Waals surface area (Å²) in [6, 6.07) is 0. The van der Waals surface area contributed by atoms with Crippen LogP contribution in [0.1, 0.15) is 27.2 Å². The average molecular weight is 188 g/mol. The maximum Gasteiger partial charge on any atom is 0.232 e. The summed E-state index contributed by atoms with van der Waals surface area (Å²) in [5.74, 6) is 0.645. The fourth-order valence-corrected chi connectivity index (χ4v) is 1.07. The van der Waals surface area contributed by atoms with E-state index >= 15 is 0 Å². The van der Waals surface area contributed by atoms with Crippen molar-refractivity contribution in [3.05, 3.63) is 0 Å². The second kappa shape index (κ2) is 7.23. The predicted octanol–water partition coefficient (Wildman–Crippen LogP) is 2.08. The predicted molar refractivity (Wildman–Crippen MR) is 57.0 cm³/mol. The van der Waals surface area contributed by atoms with Crippen molar-refractivity contribution in [2.75, 3.05) is 13.1 Å². The molecule has 0 aromatic rings. The molecule has 3 nitrogen and oxygen atoms in total. The van der Waals surface area contributed by atoms with Gasteiger partial charge in [-0.2, -0.15) is 0 Å². The van der Waals surface area contributed by atoms with Crippen LogP contribution in [-0.4, -0.2) is 24.7 Å². The minimum Gasteiger partial charge on any atom is -0.462 e. The summed E-state index contributed by atoms with van der Waals surface area (Å²) in [5, 5.41) is 0. The molecule has 12 heavy (non-hydrogen) atoms. The van der Waals surface area contributed by atoms with Crippen molar-refractivity contribution < 1.29 is 4.52 Å². The Morgan fingerprint density at radius 2 is 1.75 bits per heavy atom. The van der Waals surface area contributed by atoms with Crippen LogP contribution >= 0.6 is 9.47 Å². The Morgan fingerprint density at radius 3 is 2.08 bits per heavy atom. The van der Waals surface area contributed by atoms with E-state index in [4.69, 9.17) is 4.52 Å². The first-order valence-corrected chi connectivity index (χ1v) is 4.72. The molecule has 0 heterocycles. The van der Waals surface area contributed by atoms with E-state index in [0.29, 0.717) is 5.90 Å². The van der Waals surface area contributed by atoms with Crippen LogP contribution in [0.15, 0.2) is 9.98 Å². The van der Waals surface area contributed by atoms with Crippen LogP contribution in [-0.2, 0) is 4.52 Å². The summed E-state index contributed by atoms with van der Waals surface area (Å²) in [6.45, 7) is 7.53. The third-order valence-electron chi connectivity index (χ3n) is 1.34. The van der Waals surface area contributed by atoms with Crippen LogP contribution in [0, 0.1) is 0 Å². The minimum absolute atomic E-state index is 0.645. The van der Waals surface area contributed by atoms with Gasteiger partial charge in [0.25, 0.3) is 0 Å². The SMILES string of the molecule is CCN=C(CC)C(=NCC)OP. The summed E-state index contributed by atoms with van der Waals surface area (Å²) < 4.78 is 5.03. The lowest BCUT2D eigenvalue weighted by Gasteiger charge is -2.05. The highest BCUT2D eigenvalue weighted by Gasteiger charge is 2.04. The van der Waals surface area contributed by atoms with E-state index in [1.54, 1.807) is 0 Å². The lowest BCUT2D eigenvalue weighted by Crippen LogP contribution is -2.14. The smallest absolute Gasteiger partial charge is 0.232 e. The van der Waals surface area contributed by atoms with Crippen LogP contribution in [0.3, 0.4) is 0 Å². The van der Waals surface area contributed by atoms with Gasteiger partial charge in [0, 0.05) is 13.1 Å². The maximum absolute atomic E-state index is 5.03. The Balaban J connectivity index is 4.44. The van der Waals surface area contributed by atoms with Gasteiger partial charge in [-0.3, -0.25) is 9.98 Å². The Hall–Kier alpha value is -0.430. The van der Waals surface area contributed by atoms with E-state index in [2.05, 4.69) is 19.5 Å². The van der Waals surface area contributed by atoms with Gasteiger partial charge in [0.05, 0.1) is 15.2 Å². The van der Waals surface area contributed by atoms with Crippen molar-refractivity contribution in [3.63, 3.8) is 0 Å². The molecule has 0 aliphatic carbocycles. The molecule has 0 amide bonds. The zero-order valence-electron chi connectivity index (χ0n) is 8.00. The summed E-state index contributed by atoms with van der Waals surface area (Å²) >= 11 is 0. The van der Waals surface area contributed by atoms with Crippen LogP contribution in [0.2, 0.25) is 0 Å². The zero-order valence-corrected chi connectivity index (χ0v) is 9.16. The maximum atomic E-state index is 5.03. The van der Waals surface area contributed by atoms with Gasteiger partial charge in [0.2, 0.25) is 5.90 Å². The Bertz CT molecular complexity index is 158. The van der Waals surface area contributed by atoms with Crippen LogP contribution in [0.25, 0.3) is 0 Å². The molecule has 0 saturated heterocycles. The van der Waals surface area contributed by atoms with E-state index in [1.165, 1.54) is 0 Å². The van der Waals surface area contributed by atoms with E-state index in [1.807, 2.05) is 20.8 Å². The molecule has 70 valence electrons. The molecule has 0 saturated carbocycles. The molecule has 0 radical (unpaired) electrons. The fourth-order valence-electron chi connectivity index (χ4n) is 0.862. The van der Waals surface area contributed by atoms with Crippen molar-refractivity contribution in [2.45, 2.75) is 27.2 Å². The standard InChI is InChI=1S/C8H17N2OP/c1-4-7(9-5-2)8(11-12)10-6-3/h4-6,12H2,1-3H3. The molecule has 0 fully saturated rings. The Morgan fingerprint density at radius 1 is 1.17 bits per heavy atom. The number of aliphatic imine (C=N–C) groups is 2. The fraction of sp³-hybridized carbons (Fsp3) is 0.750. The minimum atomic E-state index is 0.645. The highest BCUT2D eigenvalue weighted by Crippen LogP contribution is 1.98. The second-order valence-electron chi connectivity index (χ2n) is 2.17. The van der Waals surface area contributed by atoms with E-state index in [9.17, 15) is 0 Å². The number of nitrogens with zero attached hydrogens (tertiary/aromatic N) is 2. The molecule has 0 spiro atoms. The molecule has 1 atom stereocenters. The molecular weight excluding hydrogens is 171 g/mol. The summed E-state index contributed by atoms with van der Waals surface area (Å²) in [6.07, 6.45) is 0.862. The quantitative estimate of drug-likeness (QED) is 0.378. The molecule has 4 heteroatoms. The topological polar surface area (TPSA) is 34.0 Å². The average Bonchev–Trinajstić information content (AvgIpc) is 2.11. The highest BCUT2D eigenvalue weighted by molar-refractivity contribution is 7.11. The number of rotatable bonds is 4. The largest absolute Gasteiger partial charge is 0.462 e. The summed E-state index contributed by atoms with van der Waals surface area (Å²) in [7, 11) is 2.20. The third kappa shape index (κ3) is 3.82. The molecule has 0 aliphatic rings. The number of hydrogen-bond acceptors (Lipinski definition) is 3. The highest BCUT2D eigenvalue weighted by atomic mass is 31.0. The molecule has 0 bridgehead atoms. The second-order valence-corrected chi connectivity index (χ2v) is 2.41. The van der Waals surface area contributed by atoms with Gasteiger partial charge in [0.1, 0.15) is 0 Å². The lowest BCUT2D eigenvalue weighted by molar-refractivity contribution is 0.648. The van der Waals surface area contributed by atoms with Crippen molar-refractivity contribution in [3.8, 4) is 0 Å². The van der Waals surface area contributed by atoms with Gasteiger partial charge in [-0.05, 0) is 20.3 Å².